The quantitative estimate of drug-likeness (QED) is 0.781. The Morgan fingerprint density at radius 1 is 1.16 bits per heavy atom. The minimum Gasteiger partial charge on any atom is -0.485 e. The first kappa shape index (κ1) is 13.3. The molecule has 0 atom stereocenters. The molecule has 98 valence electrons. The highest BCUT2D eigenvalue weighted by Gasteiger charge is 2.08. The van der Waals surface area contributed by atoms with E-state index in [-0.39, 0.29) is 18.2 Å². The largest absolute Gasteiger partial charge is 0.485 e. The van der Waals surface area contributed by atoms with E-state index in [2.05, 4.69) is 0 Å². The maximum absolute atomic E-state index is 12.9. The lowest BCUT2D eigenvalue weighted by atomic mass is 10.1. The number of rotatable bonds is 4. The molecule has 3 heteroatoms. The van der Waals surface area contributed by atoms with Crippen LogP contribution in [-0.4, -0.2) is 12.4 Å². The fraction of sp³-hybridized carbons (Fsp3) is 0.188. The fourth-order valence-electron chi connectivity index (χ4n) is 1.82. The first-order valence-electron chi connectivity index (χ1n) is 6.05. The number of ketones is 1. The highest BCUT2D eigenvalue weighted by Crippen LogP contribution is 2.18. The molecule has 0 radical (unpaired) electrons. The lowest BCUT2D eigenvalue weighted by molar-refractivity contribution is 0.0921. The van der Waals surface area contributed by atoms with E-state index in [1.807, 2.05) is 25.1 Å². The third kappa shape index (κ3) is 3.41. The van der Waals surface area contributed by atoms with Crippen LogP contribution in [0.1, 0.15) is 21.5 Å². The Bertz CT molecular complexity index is 605. The molecule has 0 amide bonds. The average Bonchev–Trinajstić information content (AvgIpc) is 2.37. The Labute approximate surface area is 111 Å². The zero-order valence-electron chi connectivity index (χ0n) is 10.9. The lowest BCUT2D eigenvalue weighted by Crippen LogP contribution is -2.12. The molecule has 0 saturated carbocycles. The molecule has 0 fully saturated rings. The number of hydrogen-bond acceptors (Lipinski definition) is 2. The van der Waals surface area contributed by atoms with Gasteiger partial charge in [-0.1, -0.05) is 23.8 Å². The standard InChI is InChI=1S/C16H15FO2/c1-11-4-3-5-13(8-11)15(18)10-19-16-7-6-14(17)9-12(16)2/h3-9H,10H2,1-2H3. The van der Waals surface area contributed by atoms with E-state index in [4.69, 9.17) is 4.74 Å². The van der Waals surface area contributed by atoms with Gasteiger partial charge in [0.05, 0.1) is 0 Å². The second-order valence-electron chi connectivity index (χ2n) is 4.49. The molecule has 0 aliphatic heterocycles. The number of hydrogen-bond donors (Lipinski definition) is 0. The summed E-state index contributed by atoms with van der Waals surface area (Å²) in [5.74, 6) is 0.129. The molecule has 0 saturated heterocycles. The van der Waals surface area contributed by atoms with Gasteiger partial charge in [0.25, 0.3) is 0 Å². The Balaban J connectivity index is 2.04. The van der Waals surface area contributed by atoms with Gasteiger partial charge in [0.1, 0.15) is 11.6 Å². The Kier molecular flexibility index (Phi) is 3.95. The Morgan fingerprint density at radius 3 is 2.63 bits per heavy atom. The summed E-state index contributed by atoms with van der Waals surface area (Å²) in [5, 5.41) is 0. The minimum absolute atomic E-state index is 0.0457. The van der Waals surface area contributed by atoms with E-state index in [0.29, 0.717) is 16.9 Å². The smallest absolute Gasteiger partial charge is 0.200 e. The van der Waals surface area contributed by atoms with Gasteiger partial charge in [-0.15, -0.1) is 0 Å². The third-order valence-corrected chi connectivity index (χ3v) is 2.84. The molecular formula is C16H15FO2. The first-order valence-corrected chi connectivity index (χ1v) is 6.05. The maximum atomic E-state index is 12.9. The number of halogens is 1. The normalized spacial score (nSPS) is 10.3. The summed E-state index contributed by atoms with van der Waals surface area (Å²) in [6.45, 7) is 3.63. The maximum Gasteiger partial charge on any atom is 0.200 e. The van der Waals surface area contributed by atoms with Crippen molar-refractivity contribution in [3.8, 4) is 5.75 Å². The summed E-state index contributed by atoms with van der Waals surface area (Å²) in [6, 6.07) is 11.6. The van der Waals surface area contributed by atoms with Gasteiger partial charge in [0.15, 0.2) is 12.4 Å². The van der Waals surface area contributed by atoms with Crippen LogP contribution in [0, 0.1) is 19.7 Å². The number of ether oxygens (including phenoxy) is 1. The van der Waals surface area contributed by atoms with Crippen molar-refractivity contribution in [2.24, 2.45) is 0 Å². The molecule has 2 rings (SSSR count). The van der Waals surface area contributed by atoms with Crippen molar-refractivity contribution in [1.82, 2.24) is 0 Å². The van der Waals surface area contributed by atoms with E-state index in [9.17, 15) is 9.18 Å². The molecule has 0 aromatic heterocycles. The SMILES string of the molecule is Cc1cccc(C(=O)COc2ccc(F)cc2C)c1. The number of Topliss-reactive ketones (excluding diaryl/α,β-unsaturated/α-hetero) is 1. The zero-order chi connectivity index (χ0) is 13.8. The van der Waals surface area contributed by atoms with Crippen molar-refractivity contribution in [1.29, 1.82) is 0 Å². The van der Waals surface area contributed by atoms with Gasteiger partial charge < -0.3 is 4.74 Å². The summed E-state index contributed by atoms with van der Waals surface area (Å²) >= 11 is 0. The van der Waals surface area contributed by atoms with Gasteiger partial charge in [-0.25, -0.2) is 4.39 Å². The van der Waals surface area contributed by atoms with Crippen LogP contribution < -0.4 is 4.74 Å². The molecule has 0 unspecified atom stereocenters. The Morgan fingerprint density at radius 2 is 1.95 bits per heavy atom. The summed E-state index contributed by atoms with van der Waals surface area (Å²) in [7, 11) is 0. The number of aryl methyl sites for hydroxylation is 2. The molecule has 19 heavy (non-hydrogen) atoms. The van der Waals surface area contributed by atoms with E-state index in [1.54, 1.807) is 13.0 Å². The van der Waals surface area contributed by atoms with Gasteiger partial charge in [-0.2, -0.15) is 0 Å². The molecule has 2 aromatic carbocycles. The second-order valence-corrected chi connectivity index (χ2v) is 4.49. The molecule has 0 aliphatic rings. The van der Waals surface area contributed by atoms with Crippen molar-refractivity contribution in [3.63, 3.8) is 0 Å². The van der Waals surface area contributed by atoms with Gasteiger partial charge >= 0.3 is 0 Å². The highest BCUT2D eigenvalue weighted by molar-refractivity contribution is 5.97. The van der Waals surface area contributed by atoms with Crippen molar-refractivity contribution < 1.29 is 13.9 Å². The van der Waals surface area contributed by atoms with Gasteiger partial charge in [0, 0.05) is 5.56 Å². The molecule has 0 N–H and O–H groups in total. The number of carbonyl (C=O) groups excluding carboxylic acids is 1. The monoisotopic (exact) mass is 258 g/mol. The van der Waals surface area contributed by atoms with E-state index < -0.39 is 0 Å². The molecule has 0 bridgehead atoms. The lowest BCUT2D eigenvalue weighted by Gasteiger charge is -2.08. The number of benzene rings is 2. The van der Waals surface area contributed by atoms with Crippen LogP contribution in [0.5, 0.6) is 5.75 Å². The van der Waals surface area contributed by atoms with Crippen molar-refractivity contribution in [2.45, 2.75) is 13.8 Å². The van der Waals surface area contributed by atoms with Crippen LogP contribution in [0.15, 0.2) is 42.5 Å². The molecule has 2 nitrogen and oxygen atoms in total. The van der Waals surface area contributed by atoms with Crippen LogP contribution in [0.2, 0.25) is 0 Å². The molecule has 2 aromatic rings. The second kappa shape index (κ2) is 5.65. The summed E-state index contributed by atoms with van der Waals surface area (Å²) in [6.07, 6.45) is 0. The summed E-state index contributed by atoms with van der Waals surface area (Å²) < 4.78 is 18.4. The number of carbonyl (C=O) groups is 1. The fourth-order valence-corrected chi connectivity index (χ4v) is 1.82. The predicted molar refractivity (Wildman–Crippen MR) is 72.1 cm³/mol. The van der Waals surface area contributed by atoms with E-state index in [0.717, 1.165) is 5.56 Å². The van der Waals surface area contributed by atoms with Gasteiger partial charge in [-0.3, -0.25) is 4.79 Å². The van der Waals surface area contributed by atoms with Crippen molar-refractivity contribution in [2.75, 3.05) is 6.61 Å². The summed E-state index contributed by atoms with van der Waals surface area (Å²) in [5.41, 5.74) is 2.33. The van der Waals surface area contributed by atoms with Crippen LogP contribution >= 0.6 is 0 Å². The topological polar surface area (TPSA) is 26.3 Å². The van der Waals surface area contributed by atoms with Crippen LogP contribution in [0.4, 0.5) is 4.39 Å². The van der Waals surface area contributed by atoms with E-state index >= 15 is 0 Å². The molecule has 0 spiro atoms. The summed E-state index contributed by atoms with van der Waals surface area (Å²) in [4.78, 5) is 11.9. The van der Waals surface area contributed by atoms with Gasteiger partial charge in [-0.05, 0) is 43.7 Å². The van der Waals surface area contributed by atoms with Crippen LogP contribution in [0.3, 0.4) is 0 Å². The Hall–Kier alpha value is -2.16. The zero-order valence-corrected chi connectivity index (χ0v) is 10.9. The van der Waals surface area contributed by atoms with Crippen molar-refractivity contribution in [3.05, 3.63) is 65.0 Å². The van der Waals surface area contributed by atoms with Gasteiger partial charge in [0.2, 0.25) is 0 Å². The van der Waals surface area contributed by atoms with Crippen molar-refractivity contribution >= 4 is 5.78 Å². The molecule has 0 aliphatic carbocycles. The minimum atomic E-state index is -0.310. The molecule has 0 heterocycles. The van der Waals surface area contributed by atoms with E-state index in [1.165, 1.54) is 18.2 Å². The average molecular weight is 258 g/mol. The van der Waals surface area contributed by atoms with Crippen LogP contribution in [0.25, 0.3) is 0 Å². The van der Waals surface area contributed by atoms with Crippen LogP contribution in [-0.2, 0) is 0 Å². The molecular weight excluding hydrogens is 243 g/mol. The third-order valence-electron chi connectivity index (χ3n) is 2.84. The highest BCUT2D eigenvalue weighted by atomic mass is 19.1. The predicted octanol–water partition coefficient (Wildman–Crippen LogP) is 3.70. The first-order chi connectivity index (χ1) is 9.06.